The lowest BCUT2D eigenvalue weighted by Crippen LogP contribution is -2.51. The number of rotatable bonds is 5. The van der Waals surface area contributed by atoms with E-state index in [2.05, 4.69) is 5.32 Å². The molecule has 5 nitrogen and oxygen atoms in total. The molecule has 2 fully saturated rings. The normalized spacial score (nSPS) is 21.4. The second-order valence-corrected chi connectivity index (χ2v) is 7.47. The lowest BCUT2D eigenvalue weighted by molar-refractivity contribution is -0.141. The molecule has 0 radical (unpaired) electrons. The van der Waals surface area contributed by atoms with E-state index in [4.69, 9.17) is 5.73 Å². The SMILES string of the molecule is Cl.NCCNC(=O)C1CCCN(C(=O)C2(c3cccc(F)c3)CCCC2)C1. The van der Waals surface area contributed by atoms with E-state index in [1.165, 1.54) is 12.1 Å². The van der Waals surface area contributed by atoms with Crippen LogP contribution in [0.5, 0.6) is 0 Å². The van der Waals surface area contributed by atoms with Gasteiger partial charge in [-0.15, -0.1) is 12.4 Å². The topological polar surface area (TPSA) is 75.4 Å². The third-order valence-corrected chi connectivity index (χ3v) is 5.77. The predicted molar refractivity (Wildman–Crippen MR) is 105 cm³/mol. The summed E-state index contributed by atoms with van der Waals surface area (Å²) in [5.41, 5.74) is 5.58. The van der Waals surface area contributed by atoms with E-state index in [1.807, 2.05) is 11.0 Å². The Hall–Kier alpha value is -1.66. The number of amides is 2. The van der Waals surface area contributed by atoms with Crippen LogP contribution in [0.4, 0.5) is 4.39 Å². The van der Waals surface area contributed by atoms with E-state index >= 15 is 0 Å². The number of hydrogen-bond donors (Lipinski definition) is 2. The van der Waals surface area contributed by atoms with E-state index in [9.17, 15) is 14.0 Å². The van der Waals surface area contributed by atoms with Crippen LogP contribution in [-0.4, -0.2) is 42.9 Å². The highest BCUT2D eigenvalue weighted by Gasteiger charge is 2.46. The summed E-state index contributed by atoms with van der Waals surface area (Å²) in [6.45, 7) is 1.96. The molecule has 3 rings (SSSR count). The summed E-state index contributed by atoms with van der Waals surface area (Å²) in [7, 11) is 0. The van der Waals surface area contributed by atoms with Crippen molar-refractivity contribution in [2.75, 3.05) is 26.2 Å². The van der Waals surface area contributed by atoms with Crippen LogP contribution >= 0.6 is 12.4 Å². The van der Waals surface area contributed by atoms with Gasteiger partial charge >= 0.3 is 0 Å². The molecule has 1 aliphatic heterocycles. The second kappa shape index (κ2) is 9.51. The average molecular weight is 398 g/mol. The molecule has 1 atom stereocenters. The first-order valence-corrected chi connectivity index (χ1v) is 9.60. The molecule has 0 bridgehead atoms. The fraction of sp³-hybridized carbons (Fsp3) is 0.600. The third-order valence-electron chi connectivity index (χ3n) is 5.77. The van der Waals surface area contributed by atoms with Crippen LogP contribution < -0.4 is 11.1 Å². The van der Waals surface area contributed by atoms with Gasteiger partial charge in [-0.05, 0) is 43.4 Å². The van der Waals surface area contributed by atoms with Gasteiger partial charge in [-0.1, -0.05) is 25.0 Å². The maximum Gasteiger partial charge on any atom is 0.233 e. The van der Waals surface area contributed by atoms with Crippen molar-refractivity contribution < 1.29 is 14.0 Å². The molecule has 0 aromatic heterocycles. The monoisotopic (exact) mass is 397 g/mol. The van der Waals surface area contributed by atoms with Gasteiger partial charge in [-0.25, -0.2) is 4.39 Å². The molecule has 27 heavy (non-hydrogen) atoms. The fourth-order valence-electron chi connectivity index (χ4n) is 4.41. The maximum atomic E-state index is 13.8. The number of hydrogen-bond acceptors (Lipinski definition) is 3. The Bertz CT molecular complexity index is 664. The summed E-state index contributed by atoms with van der Waals surface area (Å²) in [5, 5.41) is 2.83. The van der Waals surface area contributed by atoms with Crippen LogP contribution in [0.15, 0.2) is 24.3 Å². The molecule has 1 heterocycles. The number of piperidine rings is 1. The Balaban J connectivity index is 0.00000261. The van der Waals surface area contributed by atoms with Gasteiger partial charge in [0, 0.05) is 26.2 Å². The van der Waals surface area contributed by atoms with Crippen molar-refractivity contribution in [1.29, 1.82) is 0 Å². The van der Waals surface area contributed by atoms with Crippen molar-refractivity contribution >= 4 is 24.2 Å². The van der Waals surface area contributed by atoms with E-state index in [-0.39, 0.29) is 36.0 Å². The van der Waals surface area contributed by atoms with Crippen molar-refractivity contribution in [3.05, 3.63) is 35.6 Å². The Morgan fingerprint density at radius 1 is 1.26 bits per heavy atom. The van der Waals surface area contributed by atoms with Gasteiger partial charge < -0.3 is 16.0 Å². The lowest BCUT2D eigenvalue weighted by Gasteiger charge is -2.39. The molecule has 150 valence electrons. The highest BCUT2D eigenvalue weighted by Crippen LogP contribution is 2.43. The van der Waals surface area contributed by atoms with Gasteiger partial charge in [-0.3, -0.25) is 9.59 Å². The summed E-state index contributed by atoms with van der Waals surface area (Å²) < 4.78 is 13.8. The molecule has 7 heteroatoms. The van der Waals surface area contributed by atoms with E-state index in [0.29, 0.717) is 26.2 Å². The second-order valence-electron chi connectivity index (χ2n) is 7.47. The minimum absolute atomic E-state index is 0. The van der Waals surface area contributed by atoms with Crippen LogP contribution in [0.2, 0.25) is 0 Å². The van der Waals surface area contributed by atoms with Crippen LogP contribution in [0.1, 0.15) is 44.1 Å². The third kappa shape index (κ3) is 4.61. The van der Waals surface area contributed by atoms with Gasteiger partial charge in [0.2, 0.25) is 11.8 Å². The Morgan fingerprint density at radius 2 is 2.00 bits per heavy atom. The molecule has 1 aliphatic carbocycles. The number of carbonyl (C=O) groups excluding carboxylic acids is 2. The van der Waals surface area contributed by atoms with Crippen molar-refractivity contribution in [2.24, 2.45) is 11.7 Å². The molecule has 1 saturated carbocycles. The highest BCUT2D eigenvalue weighted by molar-refractivity contribution is 5.89. The molecule has 1 aromatic rings. The number of nitrogens with one attached hydrogen (secondary N) is 1. The summed E-state index contributed by atoms with van der Waals surface area (Å²) in [4.78, 5) is 27.6. The Kier molecular flexibility index (Phi) is 7.62. The fourth-order valence-corrected chi connectivity index (χ4v) is 4.41. The average Bonchev–Trinajstić information content (AvgIpc) is 3.16. The minimum Gasteiger partial charge on any atom is -0.355 e. The maximum absolute atomic E-state index is 13.8. The van der Waals surface area contributed by atoms with Crippen molar-refractivity contribution in [2.45, 2.75) is 43.9 Å². The Labute approximate surface area is 166 Å². The van der Waals surface area contributed by atoms with Crippen molar-refractivity contribution in [1.82, 2.24) is 10.2 Å². The van der Waals surface area contributed by atoms with E-state index in [0.717, 1.165) is 44.1 Å². The zero-order chi connectivity index (χ0) is 18.6. The molecule has 1 unspecified atom stereocenters. The zero-order valence-electron chi connectivity index (χ0n) is 15.6. The lowest BCUT2D eigenvalue weighted by atomic mass is 9.77. The first-order valence-electron chi connectivity index (χ1n) is 9.60. The standard InChI is InChI=1S/C20H28FN3O2.ClH/c21-17-7-3-6-16(13-17)20(8-1-2-9-20)19(26)24-12-4-5-15(14-24)18(25)23-11-10-22;/h3,6-7,13,15H,1-2,4-5,8-12,14,22H2,(H,23,25);1H. The number of carbonyl (C=O) groups is 2. The van der Waals surface area contributed by atoms with Gasteiger partial charge in [0.25, 0.3) is 0 Å². The number of nitrogens with two attached hydrogens (primary N) is 1. The van der Waals surface area contributed by atoms with E-state index < -0.39 is 5.41 Å². The molecular weight excluding hydrogens is 369 g/mol. The summed E-state index contributed by atoms with van der Waals surface area (Å²) in [5.74, 6) is -0.472. The van der Waals surface area contributed by atoms with Crippen molar-refractivity contribution in [3.63, 3.8) is 0 Å². The molecule has 1 aromatic carbocycles. The molecule has 0 spiro atoms. The minimum atomic E-state index is -0.641. The molecule has 2 aliphatic rings. The number of halogens is 2. The number of likely N-dealkylation sites (tertiary alicyclic amines) is 1. The van der Waals surface area contributed by atoms with Gasteiger partial charge in [-0.2, -0.15) is 0 Å². The van der Waals surface area contributed by atoms with Gasteiger partial charge in [0.15, 0.2) is 0 Å². The predicted octanol–water partition coefficient (Wildman–Crippen LogP) is 2.37. The van der Waals surface area contributed by atoms with E-state index in [1.54, 1.807) is 6.07 Å². The van der Waals surface area contributed by atoms with Crippen LogP contribution in [0, 0.1) is 11.7 Å². The number of benzene rings is 1. The molecule has 1 saturated heterocycles. The zero-order valence-corrected chi connectivity index (χ0v) is 16.4. The van der Waals surface area contributed by atoms with Crippen LogP contribution in [-0.2, 0) is 15.0 Å². The molecular formula is C20H29ClFN3O2. The van der Waals surface area contributed by atoms with Crippen LogP contribution in [0.3, 0.4) is 0 Å². The summed E-state index contributed by atoms with van der Waals surface area (Å²) in [6, 6.07) is 6.45. The largest absolute Gasteiger partial charge is 0.355 e. The van der Waals surface area contributed by atoms with Gasteiger partial charge in [0.1, 0.15) is 5.82 Å². The first-order chi connectivity index (χ1) is 12.6. The van der Waals surface area contributed by atoms with Crippen molar-refractivity contribution in [3.8, 4) is 0 Å². The summed E-state index contributed by atoms with van der Waals surface area (Å²) >= 11 is 0. The molecule has 2 amide bonds. The van der Waals surface area contributed by atoms with Gasteiger partial charge in [0.05, 0.1) is 11.3 Å². The number of nitrogens with zero attached hydrogens (tertiary/aromatic N) is 1. The smallest absolute Gasteiger partial charge is 0.233 e. The summed E-state index contributed by atoms with van der Waals surface area (Å²) in [6.07, 6.45) is 5.03. The van der Waals surface area contributed by atoms with Crippen LogP contribution in [0.25, 0.3) is 0 Å². The first kappa shape index (κ1) is 21.6. The quantitative estimate of drug-likeness (QED) is 0.800. The molecule has 3 N–H and O–H groups in total. The Morgan fingerprint density at radius 3 is 2.67 bits per heavy atom. The highest BCUT2D eigenvalue weighted by atomic mass is 35.5.